The van der Waals surface area contributed by atoms with Crippen LogP contribution in [-0.4, -0.2) is 10.9 Å². The van der Waals surface area contributed by atoms with E-state index in [1.807, 2.05) is 30.3 Å². The number of hydrogen-bond acceptors (Lipinski definition) is 2. The van der Waals surface area contributed by atoms with E-state index in [2.05, 4.69) is 10.9 Å². The quantitative estimate of drug-likeness (QED) is 0.652. The fraction of sp³-hybridized carbons (Fsp3) is 0. The molecule has 13 heavy (non-hydrogen) atoms. The molecule has 0 saturated heterocycles. The van der Waals surface area contributed by atoms with Crippen LogP contribution in [0.4, 0.5) is 0 Å². The summed E-state index contributed by atoms with van der Waals surface area (Å²) in [5, 5.41) is 7.90. The molecule has 1 N–H and O–H groups in total. The lowest BCUT2D eigenvalue weighted by atomic mass is 10.1. The van der Waals surface area contributed by atoms with Crippen LogP contribution in [0.5, 0.6) is 0 Å². The Bertz CT molecular complexity index is 482. The molecule has 1 aromatic carbocycles. The van der Waals surface area contributed by atoms with Crippen LogP contribution in [0.15, 0.2) is 36.5 Å². The van der Waals surface area contributed by atoms with Crippen LogP contribution in [0.2, 0.25) is 0 Å². The van der Waals surface area contributed by atoms with Gasteiger partial charge in [-0.15, -0.1) is 0 Å². The summed E-state index contributed by atoms with van der Waals surface area (Å²) in [6.07, 6.45) is 3.34. The summed E-state index contributed by atoms with van der Waals surface area (Å²) in [6, 6.07) is 9.89. The SMILES string of the molecule is N=C=Cc1cnc2ccccc2c1. The Labute approximate surface area is 76.1 Å². The maximum atomic E-state index is 6.81. The third kappa shape index (κ3) is 1.48. The maximum Gasteiger partial charge on any atom is 0.0702 e. The van der Waals surface area contributed by atoms with E-state index < -0.39 is 0 Å². The highest BCUT2D eigenvalue weighted by molar-refractivity contribution is 5.84. The summed E-state index contributed by atoms with van der Waals surface area (Å²) in [6.45, 7) is 0. The second-order valence-corrected chi connectivity index (χ2v) is 2.75. The Balaban J connectivity index is 2.68. The second-order valence-electron chi connectivity index (χ2n) is 2.75. The van der Waals surface area contributed by atoms with Gasteiger partial charge in [0.05, 0.1) is 5.52 Å². The molecule has 62 valence electrons. The smallest absolute Gasteiger partial charge is 0.0702 e. The van der Waals surface area contributed by atoms with Crippen molar-refractivity contribution in [3.63, 3.8) is 0 Å². The van der Waals surface area contributed by atoms with Crippen molar-refractivity contribution in [1.82, 2.24) is 4.98 Å². The van der Waals surface area contributed by atoms with Crippen molar-refractivity contribution >= 4 is 22.8 Å². The Morgan fingerprint density at radius 3 is 3.00 bits per heavy atom. The summed E-state index contributed by atoms with van der Waals surface area (Å²) in [7, 11) is 0. The van der Waals surface area contributed by atoms with E-state index in [-0.39, 0.29) is 0 Å². The van der Waals surface area contributed by atoms with Gasteiger partial charge in [0.25, 0.3) is 0 Å². The van der Waals surface area contributed by atoms with Gasteiger partial charge in [0.15, 0.2) is 0 Å². The molecule has 0 aliphatic rings. The van der Waals surface area contributed by atoms with Gasteiger partial charge in [-0.05, 0) is 18.0 Å². The van der Waals surface area contributed by atoms with Crippen molar-refractivity contribution in [1.29, 1.82) is 5.41 Å². The minimum Gasteiger partial charge on any atom is -0.259 e. The van der Waals surface area contributed by atoms with Gasteiger partial charge < -0.3 is 0 Å². The Morgan fingerprint density at radius 1 is 1.31 bits per heavy atom. The molecule has 2 rings (SSSR count). The van der Waals surface area contributed by atoms with E-state index in [1.165, 1.54) is 0 Å². The monoisotopic (exact) mass is 168 g/mol. The molecular weight excluding hydrogens is 160 g/mol. The highest BCUT2D eigenvalue weighted by Gasteiger charge is 1.93. The summed E-state index contributed by atoms with van der Waals surface area (Å²) in [5.41, 5.74) is 1.89. The maximum absolute atomic E-state index is 6.81. The van der Waals surface area contributed by atoms with Crippen LogP contribution in [0.25, 0.3) is 17.0 Å². The van der Waals surface area contributed by atoms with Crippen molar-refractivity contribution in [3.8, 4) is 0 Å². The second kappa shape index (κ2) is 3.21. The zero-order chi connectivity index (χ0) is 9.10. The van der Waals surface area contributed by atoms with Gasteiger partial charge >= 0.3 is 0 Å². The third-order valence-corrected chi connectivity index (χ3v) is 1.85. The fourth-order valence-electron chi connectivity index (χ4n) is 1.25. The number of para-hydroxylation sites is 1. The zero-order valence-electron chi connectivity index (χ0n) is 6.99. The molecule has 2 heteroatoms. The Morgan fingerprint density at radius 2 is 2.15 bits per heavy atom. The van der Waals surface area contributed by atoms with E-state index in [1.54, 1.807) is 12.3 Å². The van der Waals surface area contributed by atoms with E-state index >= 15 is 0 Å². The number of rotatable bonds is 1. The normalized spacial score (nSPS) is 9.54. The molecule has 0 radical (unpaired) electrons. The number of aromatic nitrogens is 1. The molecule has 0 saturated carbocycles. The van der Waals surface area contributed by atoms with E-state index in [0.717, 1.165) is 16.5 Å². The van der Waals surface area contributed by atoms with E-state index in [9.17, 15) is 0 Å². The van der Waals surface area contributed by atoms with Crippen molar-refractivity contribution in [2.45, 2.75) is 0 Å². The molecule has 0 atom stereocenters. The number of nitrogens with zero attached hydrogens (tertiary/aromatic N) is 1. The molecule has 0 bridgehead atoms. The van der Waals surface area contributed by atoms with Gasteiger partial charge in [-0.1, -0.05) is 18.2 Å². The zero-order valence-corrected chi connectivity index (χ0v) is 6.99. The highest BCUT2D eigenvalue weighted by atomic mass is 14.6. The first-order chi connectivity index (χ1) is 6.40. The van der Waals surface area contributed by atoms with E-state index in [0.29, 0.717) is 0 Å². The highest BCUT2D eigenvalue weighted by Crippen LogP contribution is 2.12. The Kier molecular flexibility index (Phi) is 1.91. The van der Waals surface area contributed by atoms with Crippen LogP contribution in [0.3, 0.4) is 0 Å². The van der Waals surface area contributed by atoms with Gasteiger partial charge in [0, 0.05) is 23.2 Å². The molecule has 0 aliphatic carbocycles. The van der Waals surface area contributed by atoms with Gasteiger partial charge in [-0.2, -0.15) is 0 Å². The summed E-state index contributed by atoms with van der Waals surface area (Å²) >= 11 is 0. The van der Waals surface area contributed by atoms with E-state index in [4.69, 9.17) is 5.41 Å². The summed E-state index contributed by atoms with van der Waals surface area (Å²) in [5.74, 6) is 2.23. The first kappa shape index (κ1) is 7.71. The van der Waals surface area contributed by atoms with Crippen LogP contribution in [0.1, 0.15) is 5.56 Å². The predicted molar refractivity (Wildman–Crippen MR) is 53.9 cm³/mol. The molecule has 0 amide bonds. The van der Waals surface area contributed by atoms with Crippen LogP contribution in [-0.2, 0) is 0 Å². The van der Waals surface area contributed by atoms with Gasteiger partial charge in [-0.25, -0.2) is 0 Å². The number of nitrogens with one attached hydrogen (secondary N) is 1. The van der Waals surface area contributed by atoms with Crippen LogP contribution in [0, 0.1) is 5.41 Å². The molecule has 1 aromatic heterocycles. The molecule has 0 aliphatic heterocycles. The predicted octanol–water partition coefficient (Wildman–Crippen LogP) is 2.50. The van der Waals surface area contributed by atoms with Crippen LogP contribution < -0.4 is 0 Å². The minimum atomic E-state index is 0.911. The first-order valence-corrected chi connectivity index (χ1v) is 4.00. The molecule has 2 aromatic rings. The molecule has 1 heterocycles. The molecule has 0 spiro atoms. The lowest BCUT2D eigenvalue weighted by Gasteiger charge is -1.96. The number of pyridine rings is 1. The molecule has 0 unspecified atom stereocenters. The number of fused-ring (bicyclic) bond motifs is 1. The van der Waals surface area contributed by atoms with Gasteiger partial charge in [0.1, 0.15) is 0 Å². The lowest BCUT2D eigenvalue weighted by molar-refractivity contribution is 1.40. The summed E-state index contributed by atoms with van der Waals surface area (Å²) in [4.78, 5) is 4.25. The third-order valence-electron chi connectivity index (χ3n) is 1.85. The largest absolute Gasteiger partial charge is 0.259 e. The first-order valence-electron chi connectivity index (χ1n) is 4.00. The van der Waals surface area contributed by atoms with Gasteiger partial charge in [0.2, 0.25) is 0 Å². The molecular formula is C11H8N2. The average Bonchev–Trinajstić information content (AvgIpc) is 2.18. The number of hydrogen-bond donors (Lipinski definition) is 1. The topological polar surface area (TPSA) is 36.7 Å². The van der Waals surface area contributed by atoms with Crippen molar-refractivity contribution < 1.29 is 0 Å². The number of benzene rings is 1. The van der Waals surface area contributed by atoms with Gasteiger partial charge in [-0.3, -0.25) is 10.4 Å². The average molecular weight is 168 g/mol. The molecule has 0 fully saturated rings. The standard InChI is InChI=1S/C11H8N2/c12-6-5-9-7-10-3-1-2-4-11(10)13-8-9/h1-5,7-8,12H. The van der Waals surface area contributed by atoms with Crippen molar-refractivity contribution in [2.24, 2.45) is 0 Å². The van der Waals surface area contributed by atoms with Crippen molar-refractivity contribution in [3.05, 3.63) is 42.1 Å². The summed E-state index contributed by atoms with van der Waals surface area (Å²) < 4.78 is 0. The Hall–Kier alpha value is -1.92. The van der Waals surface area contributed by atoms with Crippen LogP contribution >= 0.6 is 0 Å². The fourth-order valence-corrected chi connectivity index (χ4v) is 1.25. The van der Waals surface area contributed by atoms with Crippen molar-refractivity contribution in [2.75, 3.05) is 0 Å². The molecule has 2 nitrogen and oxygen atoms in total. The lowest BCUT2D eigenvalue weighted by Crippen LogP contribution is -1.79. The minimum absolute atomic E-state index is 0.911.